The molecule has 1 fully saturated rings. The molecule has 1 aromatic rings. The van der Waals surface area contributed by atoms with Gasteiger partial charge in [0.15, 0.2) is 0 Å². The van der Waals surface area contributed by atoms with Crippen molar-refractivity contribution in [3.8, 4) is 6.07 Å². The Morgan fingerprint density at radius 3 is 2.65 bits per heavy atom. The monoisotopic (exact) mass is 250 g/mol. The van der Waals surface area contributed by atoms with Crippen molar-refractivity contribution in [2.75, 3.05) is 18.5 Å². The second-order valence-electron chi connectivity index (χ2n) is 4.61. The summed E-state index contributed by atoms with van der Waals surface area (Å²) in [5.74, 6) is -0.0681. The van der Waals surface area contributed by atoms with Crippen molar-refractivity contribution < 1.29 is 9.53 Å². The summed E-state index contributed by atoms with van der Waals surface area (Å²) < 4.78 is 5.06. The zero-order valence-electron chi connectivity index (χ0n) is 10.1. The summed E-state index contributed by atoms with van der Waals surface area (Å²) in [6.07, 6.45) is 0. The van der Waals surface area contributed by atoms with E-state index in [1.807, 2.05) is 20.8 Å². The highest BCUT2D eigenvalue weighted by molar-refractivity contribution is 7.16. The third-order valence-corrected chi connectivity index (χ3v) is 4.24. The Kier molecular flexibility index (Phi) is 2.94. The molecule has 0 spiro atoms. The van der Waals surface area contributed by atoms with E-state index in [-0.39, 0.29) is 5.91 Å². The van der Waals surface area contributed by atoms with Gasteiger partial charge < -0.3 is 10.1 Å². The lowest BCUT2D eigenvalue weighted by atomic mass is 9.87. The molecule has 0 unspecified atom stereocenters. The minimum absolute atomic E-state index is 0.0681. The third-order valence-electron chi connectivity index (χ3n) is 3.11. The Hall–Kier alpha value is -1.38. The van der Waals surface area contributed by atoms with Gasteiger partial charge in [-0.05, 0) is 26.3 Å². The number of hydrogen-bond donors (Lipinski definition) is 1. The van der Waals surface area contributed by atoms with Crippen LogP contribution in [0.4, 0.5) is 5.00 Å². The van der Waals surface area contributed by atoms with Gasteiger partial charge in [0.05, 0.1) is 24.2 Å². The number of nitriles is 1. The standard InChI is InChI=1S/C12H14N2O2S/c1-7-8(2)17-10(9(7)4-13)14-11(15)12(3)5-16-6-12/h5-6H2,1-3H3,(H,14,15). The van der Waals surface area contributed by atoms with Crippen molar-refractivity contribution in [1.29, 1.82) is 5.26 Å². The molecule has 1 aliphatic rings. The highest BCUT2D eigenvalue weighted by atomic mass is 32.1. The van der Waals surface area contributed by atoms with Crippen LogP contribution in [-0.4, -0.2) is 19.1 Å². The van der Waals surface area contributed by atoms with Gasteiger partial charge in [-0.1, -0.05) is 0 Å². The largest absolute Gasteiger partial charge is 0.379 e. The maximum Gasteiger partial charge on any atom is 0.235 e. The zero-order chi connectivity index (χ0) is 12.6. The van der Waals surface area contributed by atoms with Crippen LogP contribution in [-0.2, 0) is 9.53 Å². The number of nitrogens with one attached hydrogen (secondary N) is 1. The van der Waals surface area contributed by atoms with Crippen LogP contribution in [0.2, 0.25) is 0 Å². The second-order valence-corrected chi connectivity index (χ2v) is 5.83. The van der Waals surface area contributed by atoms with Crippen LogP contribution in [0.5, 0.6) is 0 Å². The first-order valence-corrected chi connectivity index (χ1v) is 6.19. The van der Waals surface area contributed by atoms with Gasteiger partial charge in [0.2, 0.25) is 5.91 Å². The zero-order valence-corrected chi connectivity index (χ0v) is 10.9. The average Bonchev–Trinajstić information content (AvgIpc) is 2.51. The number of thiophene rings is 1. The van der Waals surface area contributed by atoms with Crippen molar-refractivity contribution in [2.24, 2.45) is 5.41 Å². The first-order valence-electron chi connectivity index (χ1n) is 5.37. The van der Waals surface area contributed by atoms with Gasteiger partial charge in [-0.2, -0.15) is 5.26 Å². The number of hydrogen-bond acceptors (Lipinski definition) is 4. The summed E-state index contributed by atoms with van der Waals surface area (Å²) in [5, 5.41) is 12.6. The minimum Gasteiger partial charge on any atom is -0.379 e. The molecule has 0 aliphatic carbocycles. The number of ether oxygens (including phenoxy) is 1. The summed E-state index contributed by atoms with van der Waals surface area (Å²) in [6, 6.07) is 2.14. The smallest absolute Gasteiger partial charge is 0.235 e. The maximum absolute atomic E-state index is 12.0. The maximum atomic E-state index is 12.0. The van der Waals surface area contributed by atoms with Crippen LogP contribution < -0.4 is 5.32 Å². The summed E-state index contributed by atoms with van der Waals surface area (Å²) in [6.45, 7) is 6.61. The van der Waals surface area contributed by atoms with Gasteiger partial charge in [0, 0.05) is 4.88 Å². The van der Waals surface area contributed by atoms with Crippen LogP contribution in [0.1, 0.15) is 22.9 Å². The van der Waals surface area contributed by atoms with E-state index in [2.05, 4.69) is 11.4 Å². The molecule has 17 heavy (non-hydrogen) atoms. The molecule has 1 aliphatic heterocycles. The number of aryl methyl sites for hydroxylation is 1. The van der Waals surface area contributed by atoms with Crippen molar-refractivity contribution in [3.05, 3.63) is 16.0 Å². The lowest BCUT2D eigenvalue weighted by molar-refractivity contribution is -0.151. The molecular formula is C12H14N2O2S. The topological polar surface area (TPSA) is 62.1 Å². The Labute approximate surface area is 104 Å². The fourth-order valence-electron chi connectivity index (χ4n) is 1.64. The van der Waals surface area contributed by atoms with E-state index in [9.17, 15) is 4.79 Å². The molecule has 0 radical (unpaired) electrons. The normalized spacial score (nSPS) is 17.1. The van der Waals surface area contributed by atoms with Gasteiger partial charge in [-0.25, -0.2) is 0 Å². The lowest BCUT2D eigenvalue weighted by Gasteiger charge is -2.36. The van der Waals surface area contributed by atoms with Gasteiger partial charge in [0.25, 0.3) is 0 Å². The number of nitrogens with zero attached hydrogens (tertiary/aromatic N) is 1. The highest BCUT2D eigenvalue weighted by Gasteiger charge is 2.41. The SMILES string of the molecule is Cc1sc(NC(=O)C2(C)COC2)c(C#N)c1C. The summed E-state index contributed by atoms with van der Waals surface area (Å²) in [7, 11) is 0. The minimum atomic E-state index is -0.446. The van der Waals surface area contributed by atoms with Crippen LogP contribution >= 0.6 is 11.3 Å². The number of carbonyl (C=O) groups is 1. The molecule has 90 valence electrons. The van der Waals surface area contributed by atoms with Crippen molar-refractivity contribution >= 4 is 22.2 Å². The molecular weight excluding hydrogens is 236 g/mol. The Morgan fingerprint density at radius 1 is 1.53 bits per heavy atom. The van der Waals surface area contributed by atoms with E-state index in [4.69, 9.17) is 10.00 Å². The highest BCUT2D eigenvalue weighted by Crippen LogP contribution is 2.34. The fraction of sp³-hybridized carbons (Fsp3) is 0.500. The first-order chi connectivity index (χ1) is 7.98. The molecule has 5 heteroatoms. The summed E-state index contributed by atoms with van der Waals surface area (Å²) >= 11 is 1.45. The van der Waals surface area contributed by atoms with Crippen LogP contribution in [0.3, 0.4) is 0 Å². The van der Waals surface area contributed by atoms with Gasteiger partial charge in [-0.15, -0.1) is 11.3 Å². The molecule has 0 atom stereocenters. The summed E-state index contributed by atoms with van der Waals surface area (Å²) in [5.41, 5.74) is 1.07. The summed E-state index contributed by atoms with van der Waals surface area (Å²) in [4.78, 5) is 13.1. The molecule has 0 aromatic carbocycles. The molecule has 1 amide bonds. The molecule has 0 saturated carbocycles. The van der Waals surface area contributed by atoms with Crippen LogP contribution in [0.25, 0.3) is 0 Å². The molecule has 1 N–H and O–H groups in total. The van der Waals surface area contributed by atoms with E-state index in [1.165, 1.54) is 11.3 Å². The van der Waals surface area contributed by atoms with Gasteiger partial charge in [0.1, 0.15) is 11.1 Å². The molecule has 1 aromatic heterocycles. The van der Waals surface area contributed by atoms with Gasteiger partial charge in [-0.3, -0.25) is 4.79 Å². The van der Waals surface area contributed by atoms with Crippen molar-refractivity contribution in [3.63, 3.8) is 0 Å². The molecule has 2 rings (SSSR count). The van der Waals surface area contributed by atoms with E-state index >= 15 is 0 Å². The number of amides is 1. The van der Waals surface area contributed by atoms with Crippen molar-refractivity contribution in [1.82, 2.24) is 0 Å². The molecule has 4 nitrogen and oxygen atoms in total. The fourth-order valence-corrected chi connectivity index (χ4v) is 2.65. The Bertz CT molecular complexity index is 509. The predicted octanol–water partition coefficient (Wildman–Crippen LogP) is 2.21. The molecule has 0 bridgehead atoms. The van der Waals surface area contributed by atoms with E-state index in [0.717, 1.165) is 10.4 Å². The number of rotatable bonds is 2. The number of anilines is 1. The van der Waals surface area contributed by atoms with E-state index in [0.29, 0.717) is 23.8 Å². The van der Waals surface area contributed by atoms with Gasteiger partial charge >= 0.3 is 0 Å². The predicted molar refractivity (Wildman–Crippen MR) is 66.1 cm³/mol. The quantitative estimate of drug-likeness (QED) is 0.875. The number of carbonyl (C=O) groups excluding carboxylic acids is 1. The third kappa shape index (κ3) is 1.94. The molecule has 2 heterocycles. The molecule has 1 saturated heterocycles. The van der Waals surface area contributed by atoms with E-state index in [1.54, 1.807) is 0 Å². The van der Waals surface area contributed by atoms with Crippen molar-refractivity contribution in [2.45, 2.75) is 20.8 Å². The van der Waals surface area contributed by atoms with E-state index < -0.39 is 5.41 Å². The Morgan fingerprint density at radius 2 is 2.18 bits per heavy atom. The first kappa shape index (κ1) is 12.1. The van der Waals surface area contributed by atoms with Crippen LogP contribution in [0, 0.1) is 30.6 Å². The lowest BCUT2D eigenvalue weighted by Crippen LogP contribution is -2.49. The second kappa shape index (κ2) is 4.13. The average molecular weight is 250 g/mol. The van der Waals surface area contributed by atoms with Crippen LogP contribution in [0.15, 0.2) is 0 Å². The Balaban J connectivity index is 2.22.